The van der Waals surface area contributed by atoms with Crippen molar-refractivity contribution in [1.82, 2.24) is 20.8 Å². The molecule has 2 aliphatic heterocycles. The van der Waals surface area contributed by atoms with Crippen LogP contribution in [-0.2, 0) is 24.3 Å². The predicted octanol–water partition coefficient (Wildman–Crippen LogP) is -0.963. The van der Waals surface area contributed by atoms with Gasteiger partial charge in [0.1, 0.15) is 6.04 Å². The fourth-order valence-electron chi connectivity index (χ4n) is 3.56. The van der Waals surface area contributed by atoms with Gasteiger partial charge in [-0.2, -0.15) is 13.5 Å². The van der Waals surface area contributed by atoms with Gasteiger partial charge < -0.3 is 10.2 Å². The van der Waals surface area contributed by atoms with Crippen LogP contribution in [0.2, 0.25) is 0 Å². The average molecular weight is 378 g/mol. The van der Waals surface area contributed by atoms with Crippen molar-refractivity contribution < 1.29 is 31.7 Å². The van der Waals surface area contributed by atoms with E-state index >= 15 is 0 Å². The fourth-order valence-corrected chi connectivity index (χ4v) is 3.93. The first-order chi connectivity index (χ1) is 11.8. The van der Waals surface area contributed by atoms with Crippen molar-refractivity contribution in [2.75, 3.05) is 26.7 Å². The molecule has 3 amide bonds. The number of rotatable bonds is 8. The van der Waals surface area contributed by atoms with Gasteiger partial charge in [-0.15, -0.1) is 4.28 Å². The normalized spacial score (nSPS) is 27.0. The summed E-state index contributed by atoms with van der Waals surface area (Å²) in [5.41, 5.74) is 2.00. The number of nitrogens with zero attached hydrogens (tertiary/aromatic N) is 2. The summed E-state index contributed by atoms with van der Waals surface area (Å²) >= 11 is 0. The standard InChI is InChI=1S/C13H22N4O7S/c1-14-5-2-6-23-15-11(18)9-7-13(3-4-13)10-8-16(9)12(19)17(10)24-25(20,21)22/h9-10,14H,2-8H2,1H3,(H,15,18)(H,20,21,22). The largest absolute Gasteiger partial charge is 0.418 e. The molecule has 2 unspecified atom stereocenters. The van der Waals surface area contributed by atoms with E-state index in [-0.39, 0.29) is 12.0 Å². The topological polar surface area (TPSA) is 138 Å². The minimum absolute atomic E-state index is 0.173. The zero-order valence-electron chi connectivity index (χ0n) is 13.8. The molecule has 2 saturated heterocycles. The maximum atomic E-state index is 12.4. The lowest BCUT2D eigenvalue weighted by Gasteiger charge is -2.35. The summed E-state index contributed by atoms with van der Waals surface area (Å²) in [6, 6.07) is -2.00. The molecular weight excluding hydrogens is 356 g/mol. The second-order valence-corrected chi connectivity index (χ2v) is 7.64. The lowest BCUT2D eigenvalue weighted by Crippen LogP contribution is -2.52. The van der Waals surface area contributed by atoms with Crippen molar-refractivity contribution in [3.63, 3.8) is 0 Å². The molecule has 3 rings (SSSR count). The molecule has 12 heteroatoms. The fraction of sp³-hybridized carbons (Fsp3) is 0.846. The van der Waals surface area contributed by atoms with Crippen molar-refractivity contribution in [1.29, 1.82) is 0 Å². The Morgan fingerprint density at radius 2 is 2.16 bits per heavy atom. The number of nitrogens with one attached hydrogen (secondary N) is 2. The minimum Gasteiger partial charge on any atom is -0.320 e. The summed E-state index contributed by atoms with van der Waals surface area (Å²) in [4.78, 5) is 31.2. The van der Waals surface area contributed by atoms with Gasteiger partial charge in [-0.25, -0.2) is 10.3 Å². The van der Waals surface area contributed by atoms with Crippen LogP contribution in [0.1, 0.15) is 25.7 Å². The van der Waals surface area contributed by atoms with Gasteiger partial charge in [-0.3, -0.25) is 14.2 Å². The Morgan fingerprint density at radius 3 is 2.76 bits per heavy atom. The number of piperidine rings is 1. The van der Waals surface area contributed by atoms with E-state index in [2.05, 4.69) is 15.1 Å². The molecular formula is C13H22N4O7S. The molecule has 0 aromatic carbocycles. The highest BCUT2D eigenvalue weighted by Crippen LogP contribution is 2.59. The van der Waals surface area contributed by atoms with Crippen molar-refractivity contribution in [3.05, 3.63) is 0 Å². The molecule has 142 valence electrons. The van der Waals surface area contributed by atoms with E-state index < -0.39 is 34.4 Å². The maximum absolute atomic E-state index is 12.4. The van der Waals surface area contributed by atoms with Crippen LogP contribution in [-0.4, -0.2) is 73.7 Å². The van der Waals surface area contributed by atoms with E-state index in [1.54, 1.807) is 0 Å². The summed E-state index contributed by atoms with van der Waals surface area (Å²) in [5.74, 6) is -0.448. The zero-order valence-corrected chi connectivity index (χ0v) is 14.6. The van der Waals surface area contributed by atoms with Crippen LogP contribution in [0.4, 0.5) is 4.79 Å². The first kappa shape index (κ1) is 18.3. The Labute approximate surface area is 145 Å². The monoisotopic (exact) mass is 378 g/mol. The van der Waals surface area contributed by atoms with E-state index in [0.29, 0.717) is 24.5 Å². The van der Waals surface area contributed by atoms with Crippen LogP contribution < -0.4 is 10.8 Å². The maximum Gasteiger partial charge on any atom is 0.418 e. The summed E-state index contributed by atoms with van der Waals surface area (Å²) in [6.45, 7) is 1.25. The summed E-state index contributed by atoms with van der Waals surface area (Å²) < 4.78 is 35.4. The Bertz CT molecular complexity index is 651. The molecule has 3 aliphatic rings. The lowest BCUT2D eigenvalue weighted by molar-refractivity contribution is -0.140. The zero-order chi connectivity index (χ0) is 18.2. The molecule has 0 aromatic rings. The van der Waals surface area contributed by atoms with Crippen LogP contribution in [0.15, 0.2) is 0 Å². The minimum atomic E-state index is -4.82. The summed E-state index contributed by atoms with van der Waals surface area (Å²) in [7, 11) is -3.00. The highest BCUT2D eigenvalue weighted by atomic mass is 32.3. The molecule has 2 atom stereocenters. The molecule has 1 spiro atoms. The lowest BCUT2D eigenvalue weighted by atomic mass is 9.85. The van der Waals surface area contributed by atoms with E-state index in [1.807, 2.05) is 7.05 Å². The van der Waals surface area contributed by atoms with Crippen LogP contribution >= 0.6 is 0 Å². The molecule has 1 saturated carbocycles. The van der Waals surface area contributed by atoms with E-state index in [9.17, 15) is 18.0 Å². The van der Waals surface area contributed by atoms with Crippen LogP contribution in [0.5, 0.6) is 0 Å². The Kier molecular flexibility index (Phi) is 4.90. The molecule has 11 nitrogen and oxygen atoms in total. The van der Waals surface area contributed by atoms with Crippen molar-refractivity contribution >= 4 is 22.3 Å². The smallest absolute Gasteiger partial charge is 0.320 e. The third-order valence-electron chi connectivity index (χ3n) is 4.99. The van der Waals surface area contributed by atoms with Crippen molar-refractivity contribution in [3.8, 4) is 0 Å². The van der Waals surface area contributed by atoms with Crippen LogP contribution in [0.3, 0.4) is 0 Å². The van der Waals surface area contributed by atoms with Gasteiger partial charge in [0.25, 0.3) is 5.91 Å². The third kappa shape index (κ3) is 3.72. The second kappa shape index (κ2) is 6.68. The quantitative estimate of drug-likeness (QED) is 0.279. The third-order valence-corrected chi connectivity index (χ3v) is 5.33. The predicted molar refractivity (Wildman–Crippen MR) is 83.1 cm³/mol. The van der Waals surface area contributed by atoms with Crippen LogP contribution in [0.25, 0.3) is 0 Å². The second-order valence-electron chi connectivity index (χ2n) is 6.63. The highest BCUT2D eigenvalue weighted by Gasteiger charge is 2.65. The van der Waals surface area contributed by atoms with Crippen LogP contribution in [0, 0.1) is 5.41 Å². The number of amides is 3. The number of carbonyl (C=O) groups is 2. The summed E-state index contributed by atoms with van der Waals surface area (Å²) in [5, 5.41) is 3.64. The van der Waals surface area contributed by atoms with Gasteiger partial charge in [-0.05, 0) is 44.7 Å². The SMILES string of the molecule is CNCCCONC(=O)C1CC2(CC2)C2CN1C(=O)N2OS(=O)(=O)O. The van der Waals surface area contributed by atoms with Gasteiger partial charge >= 0.3 is 16.4 Å². The van der Waals surface area contributed by atoms with Gasteiger partial charge in [0.2, 0.25) is 0 Å². The van der Waals surface area contributed by atoms with Gasteiger partial charge in [0.05, 0.1) is 12.6 Å². The van der Waals surface area contributed by atoms with Crippen molar-refractivity contribution in [2.24, 2.45) is 5.41 Å². The molecule has 2 bridgehead atoms. The molecule has 0 aromatic heterocycles. The molecule has 2 heterocycles. The Hall–Kier alpha value is -1.47. The highest BCUT2D eigenvalue weighted by molar-refractivity contribution is 7.80. The number of carbonyl (C=O) groups excluding carboxylic acids is 2. The number of hydrogen-bond donors (Lipinski definition) is 3. The van der Waals surface area contributed by atoms with Gasteiger partial charge in [0.15, 0.2) is 0 Å². The molecule has 3 N–H and O–H groups in total. The first-order valence-electron chi connectivity index (χ1n) is 8.10. The average Bonchev–Trinajstić information content (AvgIpc) is 3.25. The number of urea groups is 1. The number of hydroxylamine groups is 3. The number of hydrogen-bond acceptors (Lipinski definition) is 7. The molecule has 0 radical (unpaired) electrons. The molecule has 3 fully saturated rings. The first-order valence-corrected chi connectivity index (χ1v) is 9.47. The van der Waals surface area contributed by atoms with Crippen molar-refractivity contribution in [2.45, 2.75) is 37.8 Å². The van der Waals surface area contributed by atoms with Gasteiger partial charge in [0, 0.05) is 6.54 Å². The van der Waals surface area contributed by atoms with E-state index in [4.69, 9.17) is 9.39 Å². The van der Waals surface area contributed by atoms with E-state index in [1.165, 1.54) is 4.90 Å². The summed E-state index contributed by atoms with van der Waals surface area (Å²) in [6.07, 6.45) is 2.64. The Balaban J connectivity index is 1.66. The number of fused-ring (bicyclic) bond motifs is 3. The van der Waals surface area contributed by atoms with E-state index in [0.717, 1.165) is 19.4 Å². The Morgan fingerprint density at radius 1 is 1.44 bits per heavy atom. The van der Waals surface area contributed by atoms with Gasteiger partial charge in [-0.1, -0.05) is 0 Å². The molecule has 25 heavy (non-hydrogen) atoms. The molecule has 1 aliphatic carbocycles.